The first-order valence-corrected chi connectivity index (χ1v) is 5.35. The van der Waals surface area contributed by atoms with Gasteiger partial charge in [0.1, 0.15) is 0 Å². The van der Waals surface area contributed by atoms with Gasteiger partial charge >= 0.3 is 6.18 Å². The van der Waals surface area contributed by atoms with Gasteiger partial charge < -0.3 is 5.32 Å². The smallest absolute Gasteiger partial charge is 0.382 e. The van der Waals surface area contributed by atoms with E-state index in [1.165, 1.54) is 12.1 Å². The number of anilines is 1. The van der Waals surface area contributed by atoms with Crippen molar-refractivity contribution in [2.24, 2.45) is 0 Å². The van der Waals surface area contributed by atoms with Crippen molar-refractivity contribution in [2.45, 2.75) is 38.4 Å². The highest BCUT2D eigenvalue weighted by Crippen LogP contribution is 2.38. The molecule has 0 saturated carbocycles. The number of benzene rings is 1. The van der Waals surface area contributed by atoms with E-state index < -0.39 is 11.7 Å². The van der Waals surface area contributed by atoms with Crippen molar-refractivity contribution in [1.82, 2.24) is 0 Å². The lowest BCUT2D eigenvalue weighted by Gasteiger charge is -2.29. The Labute approximate surface area is 92.7 Å². The molecule has 0 fully saturated rings. The maximum absolute atomic E-state index is 12.5. The van der Waals surface area contributed by atoms with Crippen molar-refractivity contribution in [2.75, 3.05) is 5.32 Å². The van der Waals surface area contributed by atoms with E-state index in [2.05, 4.69) is 5.32 Å². The van der Waals surface area contributed by atoms with E-state index in [9.17, 15) is 13.2 Å². The molecule has 1 N–H and O–H groups in total. The first-order valence-electron chi connectivity index (χ1n) is 5.35. The third kappa shape index (κ3) is 2.01. The van der Waals surface area contributed by atoms with Gasteiger partial charge in [-0.05, 0) is 43.0 Å². The molecule has 88 valence electrons. The summed E-state index contributed by atoms with van der Waals surface area (Å²) in [4.78, 5) is 0. The SMILES string of the molecule is C[C@@H]1C[C@H](C)Nc2ccc(C(F)(F)F)cc21. The molecule has 0 unspecified atom stereocenters. The number of alkyl halides is 3. The zero-order valence-corrected chi connectivity index (χ0v) is 9.23. The number of fused-ring (bicyclic) bond motifs is 1. The molecule has 1 aliphatic heterocycles. The molecule has 0 amide bonds. The van der Waals surface area contributed by atoms with Crippen LogP contribution in [0.1, 0.15) is 37.3 Å². The number of hydrogen-bond acceptors (Lipinski definition) is 1. The highest BCUT2D eigenvalue weighted by atomic mass is 19.4. The van der Waals surface area contributed by atoms with E-state index in [0.29, 0.717) is 6.04 Å². The summed E-state index contributed by atoms with van der Waals surface area (Å²) in [5.41, 5.74) is 1.04. The average molecular weight is 229 g/mol. The van der Waals surface area contributed by atoms with Crippen LogP contribution in [0.15, 0.2) is 18.2 Å². The van der Waals surface area contributed by atoms with Gasteiger partial charge in [0, 0.05) is 11.7 Å². The second-order valence-corrected chi connectivity index (χ2v) is 4.48. The van der Waals surface area contributed by atoms with Crippen molar-refractivity contribution >= 4 is 5.69 Å². The van der Waals surface area contributed by atoms with Crippen LogP contribution < -0.4 is 5.32 Å². The minimum atomic E-state index is -4.25. The maximum atomic E-state index is 12.5. The van der Waals surface area contributed by atoms with E-state index in [1.54, 1.807) is 0 Å². The van der Waals surface area contributed by atoms with Gasteiger partial charge in [0.25, 0.3) is 0 Å². The Morgan fingerprint density at radius 2 is 1.94 bits per heavy atom. The van der Waals surface area contributed by atoms with Crippen LogP contribution in [0.4, 0.5) is 18.9 Å². The molecule has 2 rings (SSSR count). The Kier molecular flexibility index (Phi) is 2.60. The molecule has 0 radical (unpaired) electrons. The predicted molar refractivity (Wildman–Crippen MR) is 57.6 cm³/mol. The lowest BCUT2D eigenvalue weighted by molar-refractivity contribution is -0.137. The first-order chi connectivity index (χ1) is 7.38. The molecule has 4 heteroatoms. The van der Waals surface area contributed by atoms with Crippen molar-refractivity contribution in [3.05, 3.63) is 29.3 Å². The number of rotatable bonds is 0. The van der Waals surface area contributed by atoms with E-state index in [0.717, 1.165) is 23.7 Å². The first kappa shape index (κ1) is 11.3. The second-order valence-electron chi connectivity index (χ2n) is 4.48. The van der Waals surface area contributed by atoms with Gasteiger partial charge in [-0.1, -0.05) is 6.92 Å². The van der Waals surface area contributed by atoms with Gasteiger partial charge in [-0.25, -0.2) is 0 Å². The number of halogens is 3. The Morgan fingerprint density at radius 3 is 2.56 bits per heavy atom. The topological polar surface area (TPSA) is 12.0 Å². The summed E-state index contributed by atoms with van der Waals surface area (Å²) in [7, 11) is 0. The molecular weight excluding hydrogens is 215 g/mol. The second kappa shape index (κ2) is 3.68. The minimum absolute atomic E-state index is 0.175. The summed E-state index contributed by atoms with van der Waals surface area (Å²) in [5.74, 6) is 0.175. The number of hydrogen-bond donors (Lipinski definition) is 1. The fraction of sp³-hybridized carbons (Fsp3) is 0.500. The Balaban J connectivity index is 2.42. The van der Waals surface area contributed by atoms with Gasteiger partial charge in [0.05, 0.1) is 5.56 Å². The summed E-state index contributed by atoms with van der Waals surface area (Å²) in [6.07, 6.45) is -3.38. The lowest BCUT2D eigenvalue weighted by atomic mass is 9.88. The monoisotopic (exact) mass is 229 g/mol. The third-order valence-electron chi connectivity index (χ3n) is 3.02. The van der Waals surface area contributed by atoms with Crippen LogP contribution >= 0.6 is 0 Å². The minimum Gasteiger partial charge on any atom is -0.382 e. The fourth-order valence-electron chi connectivity index (χ4n) is 2.26. The Bertz CT molecular complexity index is 398. The Morgan fingerprint density at radius 1 is 1.25 bits per heavy atom. The lowest BCUT2D eigenvalue weighted by Crippen LogP contribution is -2.24. The summed E-state index contributed by atoms with van der Waals surface area (Å²) < 4.78 is 37.6. The molecule has 1 aromatic carbocycles. The van der Waals surface area contributed by atoms with E-state index >= 15 is 0 Å². The van der Waals surface area contributed by atoms with Crippen LogP contribution in [0, 0.1) is 0 Å². The molecule has 2 atom stereocenters. The molecule has 16 heavy (non-hydrogen) atoms. The van der Waals surface area contributed by atoms with Crippen LogP contribution in [0.25, 0.3) is 0 Å². The van der Waals surface area contributed by atoms with Crippen molar-refractivity contribution < 1.29 is 13.2 Å². The molecule has 1 heterocycles. The largest absolute Gasteiger partial charge is 0.416 e. The molecule has 1 aliphatic rings. The molecule has 0 aromatic heterocycles. The highest BCUT2D eigenvalue weighted by molar-refractivity contribution is 5.57. The van der Waals surface area contributed by atoms with Crippen LogP contribution in [0.5, 0.6) is 0 Å². The highest BCUT2D eigenvalue weighted by Gasteiger charge is 2.32. The molecule has 0 saturated heterocycles. The summed E-state index contributed by atoms with van der Waals surface area (Å²) in [6, 6.07) is 4.25. The van der Waals surface area contributed by atoms with Crippen LogP contribution in [0.2, 0.25) is 0 Å². The van der Waals surface area contributed by atoms with Gasteiger partial charge in [-0.3, -0.25) is 0 Å². The van der Waals surface area contributed by atoms with E-state index in [-0.39, 0.29) is 5.92 Å². The predicted octanol–water partition coefficient (Wildman–Crippen LogP) is 4.01. The molecule has 0 aliphatic carbocycles. The van der Waals surface area contributed by atoms with Gasteiger partial charge in [-0.15, -0.1) is 0 Å². The van der Waals surface area contributed by atoms with Gasteiger partial charge in [0.15, 0.2) is 0 Å². The number of nitrogens with one attached hydrogen (secondary N) is 1. The van der Waals surface area contributed by atoms with Gasteiger partial charge in [-0.2, -0.15) is 13.2 Å². The maximum Gasteiger partial charge on any atom is 0.416 e. The van der Waals surface area contributed by atoms with Crippen LogP contribution in [-0.4, -0.2) is 6.04 Å². The zero-order chi connectivity index (χ0) is 11.9. The Hall–Kier alpha value is -1.19. The van der Waals surface area contributed by atoms with Crippen molar-refractivity contribution in [3.8, 4) is 0 Å². The summed E-state index contributed by atoms with van der Waals surface area (Å²) in [5, 5.41) is 3.20. The summed E-state index contributed by atoms with van der Waals surface area (Å²) >= 11 is 0. The molecule has 1 nitrogen and oxygen atoms in total. The standard InChI is InChI=1S/C12H14F3N/c1-7-5-8(2)16-11-4-3-9(6-10(7)11)12(13,14)15/h3-4,6-8,16H,5H2,1-2H3/t7-,8+/m1/s1. The van der Waals surface area contributed by atoms with Crippen molar-refractivity contribution in [3.63, 3.8) is 0 Å². The van der Waals surface area contributed by atoms with E-state index in [4.69, 9.17) is 0 Å². The van der Waals surface area contributed by atoms with Crippen LogP contribution in [0.3, 0.4) is 0 Å². The van der Waals surface area contributed by atoms with Crippen LogP contribution in [-0.2, 0) is 6.18 Å². The third-order valence-corrected chi connectivity index (χ3v) is 3.02. The fourth-order valence-corrected chi connectivity index (χ4v) is 2.26. The van der Waals surface area contributed by atoms with E-state index in [1.807, 2.05) is 13.8 Å². The molecule has 0 spiro atoms. The average Bonchev–Trinajstić information content (AvgIpc) is 2.15. The zero-order valence-electron chi connectivity index (χ0n) is 9.23. The molecular formula is C12H14F3N. The molecule has 1 aromatic rings. The summed E-state index contributed by atoms with van der Waals surface area (Å²) in [6.45, 7) is 4.01. The van der Waals surface area contributed by atoms with Crippen molar-refractivity contribution in [1.29, 1.82) is 0 Å². The normalized spacial score (nSPS) is 24.8. The quantitative estimate of drug-likeness (QED) is 0.708. The molecule has 0 bridgehead atoms. The van der Waals surface area contributed by atoms with Gasteiger partial charge in [0.2, 0.25) is 0 Å².